The summed E-state index contributed by atoms with van der Waals surface area (Å²) in [6.45, 7) is 3.37. The van der Waals surface area contributed by atoms with E-state index < -0.39 is 18.0 Å². The maximum Gasteiger partial charge on any atom is 0.306 e. The Morgan fingerprint density at radius 3 is 2.37 bits per heavy atom. The normalized spacial score (nSPS) is 11.8. The summed E-state index contributed by atoms with van der Waals surface area (Å²) in [7, 11) is 0. The number of hydrogen-bond donors (Lipinski definition) is 1. The number of nitrogens with one attached hydrogen (secondary N) is 1. The molecule has 0 unspecified atom stereocenters. The predicted molar refractivity (Wildman–Crippen MR) is 75.6 cm³/mol. The molecule has 1 amide bonds. The van der Waals surface area contributed by atoms with Crippen LogP contribution in [0.5, 0.6) is 0 Å². The van der Waals surface area contributed by atoms with Crippen molar-refractivity contribution >= 4 is 40.8 Å². The van der Waals surface area contributed by atoms with Crippen LogP contribution >= 0.6 is 23.2 Å². The van der Waals surface area contributed by atoms with E-state index in [2.05, 4.69) is 5.32 Å². The van der Waals surface area contributed by atoms with Crippen molar-refractivity contribution in [2.75, 3.05) is 5.32 Å². The fourth-order valence-electron chi connectivity index (χ4n) is 1.38. The summed E-state index contributed by atoms with van der Waals surface area (Å²) in [5, 5.41) is 3.42. The largest absolute Gasteiger partial charge is 0.453 e. The second-order valence-electron chi connectivity index (χ2n) is 4.03. The van der Waals surface area contributed by atoms with Gasteiger partial charge in [-0.05, 0) is 31.5 Å². The molecule has 0 radical (unpaired) electrons. The summed E-state index contributed by atoms with van der Waals surface area (Å²) >= 11 is 11.6. The third kappa shape index (κ3) is 5.49. The summed E-state index contributed by atoms with van der Waals surface area (Å²) in [6, 6.07) is 4.68. The van der Waals surface area contributed by atoms with Gasteiger partial charge < -0.3 is 10.1 Å². The van der Waals surface area contributed by atoms with Crippen LogP contribution in [0.1, 0.15) is 26.7 Å². The van der Waals surface area contributed by atoms with Gasteiger partial charge in [0.05, 0.1) is 0 Å². The highest BCUT2D eigenvalue weighted by molar-refractivity contribution is 6.35. The highest BCUT2D eigenvalue weighted by Crippen LogP contribution is 2.22. The molecule has 0 aliphatic rings. The van der Waals surface area contributed by atoms with Crippen molar-refractivity contribution in [1.82, 2.24) is 0 Å². The Morgan fingerprint density at radius 2 is 1.84 bits per heavy atom. The molecule has 6 heteroatoms. The molecule has 0 saturated heterocycles. The monoisotopic (exact) mass is 303 g/mol. The van der Waals surface area contributed by atoms with E-state index >= 15 is 0 Å². The number of halogens is 2. The van der Waals surface area contributed by atoms with E-state index in [-0.39, 0.29) is 0 Å². The van der Waals surface area contributed by atoms with Gasteiger partial charge in [-0.3, -0.25) is 9.59 Å². The average molecular weight is 304 g/mol. The number of hydrogen-bond acceptors (Lipinski definition) is 3. The van der Waals surface area contributed by atoms with Gasteiger partial charge in [0.2, 0.25) is 0 Å². The average Bonchev–Trinajstić information content (AvgIpc) is 2.27. The van der Waals surface area contributed by atoms with E-state index in [0.29, 0.717) is 28.6 Å². The summed E-state index contributed by atoms with van der Waals surface area (Å²) < 4.78 is 4.97. The Morgan fingerprint density at radius 1 is 1.26 bits per heavy atom. The Labute approximate surface area is 122 Å². The molecule has 0 aliphatic heterocycles. The van der Waals surface area contributed by atoms with E-state index in [1.807, 2.05) is 6.92 Å². The molecule has 1 atom stereocenters. The summed E-state index contributed by atoms with van der Waals surface area (Å²) in [5.74, 6) is -0.822. The second kappa shape index (κ2) is 7.36. The molecule has 19 heavy (non-hydrogen) atoms. The Bertz CT molecular complexity index is 457. The minimum Gasteiger partial charge on any atom is -0.453 e. The lowest BCUT2D eigenvalue weighted by atomic mass is 10.3. The van der Waals surface area contributed by atoms with Crippen LogP contribution in [0.3, 0.4) is 0 Å². The molecule has 0 bridgehead atoms. The molecule has 1 N–H and O–H groups in total. The summed E-state index contributed by atoms with van der Waals surface area (Å²) in [6.07, 6.45) is 0.106. The third-order valence-corrected chi connectivity index (χ3v) is 2.70. The molecular formula is C13H15Cl2NO3. The number of anilines is 1. The minimum atomic E-state index is -0.864. The summed E-state index contributed by atoms with van der Waals surface area (Å²) in [4.78, 5) is 23.1. The van der Waals surface area contributed by atoms with Gasteiger partial charge in [-0.2, -0.15) is 0 Å². The lowest BCUT2D eigenvalue weighted by Crippen LogP contribution is -2.29. The number of benzene rings is 1. The Kier molecular flexibility index (Phi) is 6.12. The van der Waals surface area contributed by atoms with Crippen LogP contribution in [0.2, 0.25) is 10.0 Å². The Hall–Kier alpha value is -1.26. The Balaban J connectivity index is 2.61. The van der Waals surface area contributed by atoms with Crippen molar-refractivity contribution in [3.63, 3.8) is 0 Å². The number of carbonyl (C=O) groups excluding carboxylic acids is 2. The highest BCUT2D eigenvalue weighted by atomic mass is 35.5. The number of esters is 1. The SMILES string of the molecule is CCCC(=O)O[C@@H](C)C(=O)Nc1cc(Cl)cc(Cl)c1. The number of carbonyl (C=O) groups is 2. The molecule has 1 aromatic carbocycles. The van der Waals surface area contributed by atoms with E-state index in [1.54, 1.807) is 18.2 Å². The van der Waals surface area contributed by atoms with Crippen LogP contribution < -0.4 is 5.32 Å². The molecule has 0 fully saturated rings. The van der Waals surface area contributed by atoms with E-state index in [9.17, 15) is 9.59 Å². The van der Waals surface area contributed by atoms with Crippen LogP contribution in [0, 0.1) is 0 Å². The van der Waals surface area contributed by atoms with Crippen molar-refractivity contribution in [2.45, 2.75) is 32.8 Å². The zero-order valence-corrected chi connectivity index (χ0v) is 12.2. The number of amides is 1. The van der Waals surface area contributed by atoms with Gasteiger partial charge in [0.1, 0.15) is 0 Å². The van der Waals surface area contributed by atoms with Gasteiger partial charge in [-0.1, -0.05) is 30.1 Å². The standard InChI is InChI=1S/C13H15Cl2NO3/c1-3-4-12(17)19-8(2)13(18)16-11-6-9(14)5-10(15)7-11/h5-8H,3-4H2,1-2H3,(H,16,18)/t8-/m0/s1. The number of ether oxygens (including phenoxy) is 1. The fourth-order valence-corrected chi connectivity index (χ4v) is 1.91. The van der Waals surface area contributed by atoms with Crippen molar-refractivity contribution in [2.24, 2.45) is 0 Å². The van der Waals surface area contributed by atoms with Crippen LogP contribution in [0.4, 0.5) is 5.69 Å². The first-order chi connectivity index (χ1) is 8.92. The maximum absolute atomic E-state index is 11.8. The van der Waals surface area contributed by atoms with Crippen LogP contribution in [-0.4, -0.2) is 18.0 Å². The minimum absolute atomic E-state index is 0.292. The van der Waals surface area contributed by atoms with E-state index in [4.69, 9.17) is 27.9 Å². The van der Waals surface area contributed by atoms with Gasteiger partial charge in [0.25, 0.3) is 5.91 Å². The zero-order valence-electron chi connectivity index (χ0n) is 10.7. The molecule has 0 saturated carbocycles. The first-order valence-corrected chi connectivity index (χ1v) is 6.64. The van der Waals surface area contributed by atoms with Crippen molar-refractivity contribution in [1.29, 1.82) is 0 Å². The smallest absolute Gasteiger partial charge is 0.306 e. The van der Waals surface area contributed by atoms with Gasteiger partial charge in [-0.25, -0.2) is 0 Å². The first-order valence-electron chi connectivity index (χ1n) is 5.88. The van der Waals surface area contributed by atoms with Gasteiger partial charge in [-0.15, -0.1) is 0 Å². The van der Waals surface area contributed by atoms with E-state index in [1.165, 1.54) is 6.92 Å². The molecule has 1 rings (SSSR count). The van der Waals surface area contributed by atoms with Crippen molar-refractivity contribution in [3.8, 4) is 0 Å². The van der Waals surface area contributed by atoms with Crippen molar-refractivity contribution in [3.05, 3.63) is 28.2 Å². The highest BCUT2D eigenvalue weighted by Gasteiger charge is 2.17. The third-order valence-electron chi connectivity index (χ3n) is 2.26. The number of rotatable bonds is 5. The molecule has 104 valence electrons. The molecule has 0 heterocycles. The predicted octanol–water partition coefficient (Wildman–Crippen LogP) is 3.66. The van der Waals surface area contributed by atoms with Gasteiger partial charge in [0.15, 0.2) is 6.10 Å². The lowest BCUT2D eigenvalue weighted by molar-refractivity contribution is -0.153. The first kappa shape index (κ1) is 15.8. The van der Waals surface area contributed by atoms with Crippen LogP contribution in [0.25, 0.3) is 0 Å². The van der Waals surface area contributed by atoms with Crippen LogP contribution in [0.15, 0.2) is 18.2 Å². The molecule has 0 aliphatic carbocycles. The molecule has 0 aromatic heterocycles. The zero-order chi connectivity index (χ0) is 14.4. The van der Waals surface area contributed by atoms with Gasteiger partial charge >= 0.3 is 5.97 Å². The van der Waals surface area contributed by atoms with Crippen molar-refractivity contribution < 1.29 is 14.3 Å². The lowest BCUT2D eigenvalue weighted by Gasteiger charge is -2.13. The quantitative estimate of drug-likeness (QED) is 0.845. The van der Waals surface area contributed by atoms with E-state index in [0.717, 1.165) is 0 Å². The topological polar surface area (TPSA) is 55.4 Å². The fraction of sp³-hybridized carbons (Fsp3) is 0.385. The molecule has 4 nitrogen and oxygen atoms in total. The van der Waals surface area contributed by atoms with Crippen LogP contribution in [-0.2, 0) is 14.3 Å². The maximum atomic E-state index is 11.8. The molecule has 1 aromatic rings. The molecule has 0 spiro atoms. The van der Waals surface area contributed by atoms with Gasteiger partial charge in [0, 0.05) is 22.2 Å². The molecular weight excluding hydrogens is 289 g/mol. The summed E-state index contributed by atoms with van der Waals surface area (Å²) in [5.41, 5.74) is 0.459. The second-order valence-corrected chi connectivity index (χ2v) is 4.90.